The molecule has 7 nitrogen and oxygen atoms in total. The van der Waals surface area contributed by atoms with Crippen molar-refractivity contribution in [3.05, 3.63) is 18.6 Å². The SMILES string of the molecule is C#C[C@]1(CO)O[C@@H](n2cnc3c(N)ccnc32)[C@@H](CF)[C@@H]1O. The molecule has 22 heavy (non-hydrogen) atoms. The second-order valence-corrected chi connectivity index (χ2v) is 5.19. The molecule has 1 saturated heterocycles. The van der Waals surface area contributed by atoms with Crippen LogP contribution in [0.1, 0.15) is 6.23 Å². The van der Waals surface area contributed by atoms with Gasteiger partial charge in [-0.15, -0.1) is 6.42 Å². The van der Waals surface area contributed by atoms with Crippen LogP contribution >= 0.6 is 0 Å². The molecular formula is C14H15FN4O3. The number of alkyl halides is 1. The predicted octanol–water partition coefficient (Wildman–Crippen LogP) is -0.147. The van der Waals surface area contributed by atoms with Gasteiger partial charge in [-0.2, -0.15) is 0 Å². The molecule has 1 fully saturated rings. The zero-order valence-electron chi connectivity index (χ0n) is 11.6. The van der Waals surface area contributed by atoms with Gasteiger partial charge in [0.05, 0.1) is 31.2 Å². The van der Waals surface area contributed by atoms with E-state index < -0.39 is 37.1 Å². The van der Waals surface area contributed by atoms with E-state index in [0.717, 1.165) is 0 Å². The summed E-state index contributed by atoms with van der Waals surface area (Å²) < 4.78 is 20.5. The number of nitrogens with two attached hydrogens (primary N) is 1. The molecule has 3 heterocycles. The number of aliphatic hydroxyl groups excluding tert-OH is 2. The van der Waals surface area contributed by atoms with Gasteiger partial charge >= 0.3 is 0 Å². The molecule has 2 aromatic rings. The number of pyridine rings is 1. The van der Waals surface area contributed by atoms with Gasteiger partial charge in [0.25, 0.3) is 0 Å². The number of hydrogen-bond donors (Lipinski definition) is 3. The van der Waals surface area contributed by atoms with Gasteiger partial charge in [0.15, 0.2) is 11.2 Å². The highest BCUT2D eigenvalue weighted by atomic mass is 19.1. The van der Waals surface area contributed by atoms with Crippen LogP contribution in [0.5, 0.6) is 0 Å². The summed E-state index contributed by atoms with van der Waals surface area (Å²) in [7, 11) is 0. The van der Waals surface area contributed by atoms with Crippen LogP contribution in [0.15, 0.2) is 18.6 Å². The fourth-order valence-electron chi connectivity index (χ4n) is 2.73. The molecule has 0 spiro atoms. The zero-order valence-corrected chi connectivity index (χ0v) is 11.6. The lowest BCUT2D eigenvalue weighted by Gasteiger charge is -2.23. The van der Waals surface area contributed by atoms with Gasteiger partial charge < -0.3 is 20.7 Å². The van der Waals surface area contributed by atoms with E-state index in [2.05, 4.69) is 15.9 Å². The molecule has 0 unspecified atom stereocenters. The maximum absolute atomic E-state index is 13.4. The molecule has 0 aliphatic carbocycles. The smallest absolute Gasteiger partial charge is 0.179 e. The Labute approximate surface area is 125 Å². The molecule has 0 saturated carbocycles. The van der Waals surface area contributed by atoms with Crippen molar-refractivity contribution in [2.75, 3.05) is 19.0 Å². The van der Waals surface area contributed by atoms with E-state index in [1.165, 1.54) is 17.1 Å². The van der Waals surface area contributed by atoms with Gasteiger partial charge in [-0.25, -0.2) is 9.97 Å². The molecule has 0 aromatic carbocycles. The van der Waals surface area contributed by atoms with Crippen molar-refractivity contribution in [2.24, 2.45) is 5.92 Å². The number of rotatable bonds is 3. The first-order chi connectivity index (χ1) is 10.6. The second-order valence-electron chi connectivity index (χ2n) is 5.19. The quantitative estimate of drug-likeness (QED) is 0.681. The largest absolute Gasteiger partial charge is 0.397 e. The summed E-state index contributed by atoms with van der Waals surface area (Å²) in [5.74, 6) is 1.27. The van der Waals surface area contributed by atoms with Crippen LogP contribution in [0.3, 0.4) is 0 Å². The van der Waals surface area contributed by atoms with Crippen LogP contribution in [0, 0.1) is 18.3 Å². The first kappa shape index (κ1) is 14.7. The molecule has 0 amide bonds. The summed E-state index contributed by atoms with van der Waals surface area (Å²) in [5.41, 5.74) is 5.42. The van der Waals surface area contributed by atoms with Crippen LogP contribution in [0.4, 0.5) is 10.1 Å². The summed E-state index contributed by atoms with van der Waals surface area (Å²) >= 11 is 0. The first-order valence-corrected chi connectivity index (χ1v) is 6.65. The number of nitrogens with zero attached hydrogens (tertiary/aromatic N) is 3. The van der Waals surface area contributed by atoms with Crippen molar-refractivity contribution in [1.82, 2.24) is 14.5 Å². The lowest BCUT2D eigenvalue weighted by atomic mass is 9.91. The minimum Gasteiger partial charge on any atom is -0.397 e. The molecule has 1 aliphatic heterocycles. The molecule has 1 aliphatic rings. The number of imidazole rings is 1. The summed E-state index contributed by atoms with van der Waals surface area (Å²) in [5, 5.41) is 19.7. The van der Waals surface area contributed by atoms with Crippen LogP contribution in [0.2, 0.25) is 0 Å². The van der Waals surface area contributed by atoms with E-state index in [1.54, 1.807) is 6.07 Å². The number of anilines is 1. The van der Waals surface area contributed by atoms with Crippen LogP contribution < -0.4 is 5.73 Å². The van der Waals surface area contributed by atoms with Gasteiger partial charge in [-0.1, -0.05) is 5.92 Å². The highest BCUT2D eigenvalue weighted by Gasteiger charge is 2.54. The fraction of sp³-hybridized carbons (Fsp3) is 0.429. The number of hydrogen-bond acceptors (Lipinski definition) is 6. The average Bonchev–Trinajstić information content (AvgIpc) is 3.07. The van der Waals surface area contributed by atoms with Crippen LogP contribution in [0.25, 0.3) is 11.2 Å². The molecular weight excluding hydrogens is 291 g/mol. The lowest BCUT2D eigenvalue weighted by molar-refractivity contribution is -0.0899. The number of nitrogen functional groups attached to an aromatic ring is 1. The van der Waals surface area contributed by atoms with Crippen molar-refractivity contribution < 1.29 is 19.3 Å². The Hall–Kier alpha value is -2.21. The van der Waals surface area contributed by atoms with Gasteiger partial charge in [-0.05, 0) is 6.07 Å². The molecule has 116 valence electrons. The minimum atomic E-state index is -1.65. The van der Waals surface area contributed by atoms with Gasteiger partial charge in [-0.3, -0.25) is 8.96 Å². The normalized spacial score (nSPS) is 31.5. The van der Waals surface area contributed by atoms with Crippen molar-refractivity contribution >= 4 is 16.9 Å². The van der Waals surface area contributed by atoms with Crippen molar-refractivity contribution in [3.63, 3.8) is 0 Å². The number of ether oxygens (including phenoxy) is 1. The highest BCUT2D eigenvalue weighted by molar-refractivity contribution is 5.83. The minimum absolute atomic E-state index is 0.390. The monoisotopic (exact) mass is 306 g/mol. The molecule has 4 atom stereocenters. The van der Waals surface area contributed by atoms with E-state index in [0.29, 0.717) is 16.9 Å². The molecule has 4 N–H and O–H groups in total. The topological polar surface area (TPSA) is 106 Å². The summed E-state index contributed by atoms with van der Waals surface area (Å²) in [6.07, 6.45) is 5.96. The number of aromatic nitrogens is 3. The maximum Gasteiger partial charge on any atom is 0.179 e. The average molecular weight is 306 g/mol. The second kappa shape index (κ2) is 5.21. The molecule has 3 rings (SSSR count). The Morgan fingerprint density at radius 1 is 1.55 bits per heavy atom. The van der Waals surface area contributed by atoms with E-state index >= 15 is 0 Å². The van der Waals surface area contributed by atoms with Gasteiger partial charge in [0.2, 0.25) is 0 Å². The highest BCUT2D eigenvalue weighted by Crippen LogP contribution is 2.42. The van der Waals surface area contributed by atoms with Crippen molar-refractivity contribution in [3.8, 4) is 12.3 Å². The zero-order chi connectivity index (χ0) is 15.9. The maximum atomic E-state index is 13.4. The predicted molar refractivity (Wildman–Crippen MR) is 76.2 cm³/mol. The van der Waals surface area contributed by atoms with E-state index in [-0.39, 0.29) is 0 Å². The first-order valence-electron chi connectivity index (χ1n) is 6.65. The summed E-state index contributed by atoms with van der Waals surface area (Å²) in [6.45, 7) is -1.50. The molecule has 8 heteroatoms. The Morgan fingerprint density at radius 2 is 2.32 bits per heavy atom. The van der Waals surface area contributed by atoms with Gasteiger partial charge in [0.1, 0.15) is 17.8 Å². The molecule has 2 aromatic heterocycles. The fourth-order valence-corrected chi connectivity index (χ4v) is 2.73. The van der Waals surface area contributed by atoms with Gasteiger partial charge in [0, 0.05) is 6.20 Å². The standard InChI is InChI=1S/C14H15FN4O3/c1-2-14(6-20)11(21)8(5-15)13(22-14)19-7-18-10-9(16)3-4-17-12(10)19/h1,3-4,7-8,11,13,20-21H,5-6H2,(H2,16,17)/t8-,11-,13+,14+/m0/s1. The number of halogens is 1. The van der Waals surface area contributed by atoms with Crippen molar-refractivity contribution in [1.29, 1.82) is 0 Å². The van der Waals surface area contributed by atoms with Crippen LogP contribution in [-0.2, 0) is 4.74 Å². The Kier molecular flexibility index (Phi) is 3.48. The number of terminal acetylenes is 1. The van der Waals surface area contributed by atoms with E-state index in [9.17, 15) is 14.6 Å². The molecule has 0 radical (unpaired) electrons. The number of fused-ring (bicyclic) bond motifs is 1. The Balaban J connectivity index is 2.10. The third-order valence-electron chi connectivity index (χ3n) is 4.00. The van der Waals surface area contributed by atoms with Crippen LogP contribution in [-0.4, -0.2) is 49.7 Å². The third kappa shape index (κ3) is 1.87. The number of aliphatic hydroxyl groups is 2. The van der Waals surface area contributed by atoms with E-state index in [1.807, 2.05) is 0 Å². The lowest BCUT2D eigenvalue weighted by Crippen LogP contribution is -2.43. The Bertz CT molecular complexity index is 743. The third-order valence-corrected chi connectivity index (χ3v) is 4.00. The summed E-state index contributed by atoms with van der Waals surface area (Å²) in [6, 6.07) is 1.59. The van der Waals surface area contributed by atoms with E-state index in [4.69, 9.17) is 16.9 Å². The summed E-state index contributed by atoms with van der Waals surface area (Å²) in [4.78, 5) is 8.30. The Morgan fingerprint density at radius 3 is 2.95 bits per heavy atom. The van der Waals surface area contributed by atoms with Crippen molar-refractivity contribution in [2.45, 2.75) is 17.9 Å². The molecule has 0 bridgehead atoms.